The van der Waals surface area contributed by atoms with Crippen LogP contribution in [0.15, 0.2) is 28.8 Å². The Bertz CT molecular complexity index is 752. The normalized spacial score (nSPS) is 16.3. The summed E-state index contributed by atoms with van der Waals surface area (Å²) in [4.78, 5) is 21.3. The van der Waals surface area contributed by atoms with Crippen molar-refractivity contribution in [1.82, 2.24) is 20.4 Å². The van der Waals surface area contributed by atoms with Gasteiger partial charge >= 0.3 is 0 Å². The van der Waals surface area contributed by atoms with Crippen LogP contribution in [0.3, 0.4) is 0 Å². The average molecular weight is 371 g/mol. The monoisotopic (exact) mass is 371 g/mol. The molecular formula is C20H29N5O2. The number of nitrogens with one attached hydrogen (secondary N) is 1. The highest BCUT2D eigenvalue weighted by Gasteiger charge is 2.21. The molecule has 0 unspecified atom stereocenters. The van der Waals surface area contributed by atoms with E-state index in [4.69, 9.17) is 4.52 Å². The molecule has 1 saturated heterocycles. The highest BCUT2D eigenvalue weighted by molar-refractivity contribution is 5.76. The zero-order valence-electron chi connectivity index (χ0n) is 16.4. The quantitative estimate of drug-likeness (QED) is 0.806. The van der Waals surface area contributed by atoms with Crippen LogP contribution in [0.4, 0.5) is 5.69 Å². The van der Waals surface area contributed by atoms with E-state index >= 15 is 0 Å². The molecule has 2 aromatic rings. The molecule has 1 fully saturated rings. The maximum atomic E-state index is 12.3. The van der Waals surface area contributed by atoms with E-state index in [1.54, 1.807) is 6.92 Å². The predicted molar refractivity (Wildman–Crippen MR) is 105 cm³/mol. The number of nitrogens with zero attached hydrogens (tertiary/aromatic N) is 4. The molecule has 1 N–H and O–H groups in total. The van der Waals surface area contributed by atoms with Crippen molar-refractivity contribution in [3.05, 3.63) is 41.5 Å². The Morgan fingerprint density at radius 2 is 2.04 bits per heavy atom. The van der Waals surface area contributed by atoms with Gasteiger partial charge in [-0.05, 0) is 38.0 Å². The van der Waals surface area contributed by atoms with E-state index in [-0.39, 0.29) is 11.9 Å². The zero-order chi connectivity index (χ0) is 19.2. The van der Waals surface area contributed by atoms with Gasteiger partial charge in [0, 0.05) is 44.8 Å². The molecule has 1 amide bonds. The summed E-state index contributed by atoms with van der Waals surface area (Å²) in [7, 11) is 0. The number of aryl methyl sites for hydroxylation is 2. The Morgan fingerprint density at radius 1 is 1.26 bits per heavy atom. The Kier molecular flexibility index (Phi) is 6.45. The molecule has 1 aliphatic rings. The summed E-state index contributed by atoms with van der Waals surface area (Å²) in [6.45, 7) is 10.6. The van der Waals surface area contributed by atoms with Gasteiger partial charge in [0.05, 0.1) is 0 Å². The van der Waals surface area contributed by atoms with Crippen molar-refractivity contribution in [2.45, 2.75) is 39.7 Å². The van der Waals surface area contributed by atoms with E-state index < -0.39 is 0 Å². The highest BCUT2D eigenvalue weighted by atomic mass is 16.5. The van der Waals surface area contributed by atoms with Crippen molar-refractivity contribution in [1.29, 1.82) is 0 Å². The summed E-state index contributed by atoms with van der Waals surface area (Å²) >= 11 is 0. The first-order valence-electron chi connectivity index (χ1n) is 9.68. The molecule has 1 aromatic carbocycles. The molecule has 3 rings (SSSR count). The van der Waals surface area contributed by atoms with Gasteiger partial charge in [-0.2, -0.15) is 4.98 Å². The molecule has 2 heterocycles. The van der Waals surface area contributed by atoms with Crippen LogP contribution < -0.4 is 10.2 Å². The fraction of sp³-hybridized carbons (Fsp3) is 0.550. The fourth-order valence-corrected chi connectivity index (χ4v) is 3.37. The van der Waals surface area contributed by atoms with Crippen LogP contribution in [0, 0.1) is 13.8 Å². The topological polar surface area (TPSA) is 74.5 Å². The third-order valence-electron chi connectivity index (χ3n) is 4.98. The van der Waals surface area contributed by atoms with E-state index in [2.05, 4.69) is 56.4 Å². The lowest BCUT2D eigenvalue weighted by molar-refractivity contribution is -0.122. The second kappa shape index (κ2) is 8.99. The molecule has 0 radical (unpaired) electrons. The van der Waals surface area contributed by atoms with Crippen LogP contribution in [-0.4, -0.2) is 53.7 Å². The predicted octanol–water partition coefficient (Wildman–Crippen LogP) is 2.47. The van der Waals surface area contributed by atoms with Crippen LogP contribution in [0.5, 0.6) is 0 Å². The van der Waals surface area contributed by atoms with Gasteiger partial charge in [-0.1, -0.05) is 24.2 Å². The van der Waals surface area contributed by atoms with E-state index in [9.17, 15) is 4.79 Å². The minimum absolute atomic E-state index is 0.0267. The molecule has 0 spiro atoms. The first-order chi connectivity index (χ1) is 13.0. The number of hydrogen-bond acceptors (Lipinski definition) is 6. The van der Waals surface area contributed by atoms with Gasteiger partial charge in [-0.3, -0.25) is 9.69 Å². The van der Waals surface area contributed by atoms with E-state index in [1.165, 1.54) is 11.3 Å². The van der Waals surface area contributed by atoms with Crippen molar-refractivity contribution >= 4 is 11.6 Å². The number of rotatable bonds is 7. The first-order valence-corrected chi connectivity index (χ1v) is 9.68. The van der Waals surface area contributed by atoms with Gasteiger partial charge in [0.25, 0.3) is 0 Å². The Hall–Kier alpha value is -2.41. The summed E-state index contributed by atoms with van der Waals surface area (Å²) in [6, 6.07) is 8.42. The molecule has 146 valence electrons. The standard InChI is InChI=1S/C20H29N5O2/c1-4-18(20-21-16(3)23-27-20)22-19(26)8-9-24-10-12-25(13-11-24)17-7-5-6-15(2)14-17/h5-7,14,18H,4,8-13H2,1-3H3,(H,22,26)/t18-/m1/s1. The number of anilines is 1. The third-order valence-corrected chi connectivity index (χ3v) is 4.98. The molecule has 1 aromatic heterocycles. The van der Waals surface area contributed by atoms with Crippen molar-refractivity contribution in [2.75, 3.05) is 37.6 Å². The van der Waals surface area contributed by atoms with Gasteiger partial charge in [0.2, 0.25) is 11.8 Å². The number of hydrogen-bond donors (Lipinski definition) is 1. The van der Waals surface area contributed by atoms with Gasteiger partial charge < -0.3 is 14.7 Å². The first kappa shape index (κ1) is 19.4. The smallest absolute Gasteiger partial charge is 0.249 e. The second-order valence-electron chi connectivity index (χ2n) is 7.13. The van der Waals surface area contributed by atoms with Crippen LogP contribution in [0.25, 0.3) is 0 Å². The van der Waals surface area contributed by atoms with Gasteiger partial charge in [-0.15, -0.1) is 0 Å². The Morgan fingerprint density at radius 3 is 2.67 bits per heavy atom. The van der Waals surface area contributed by atoms with Crippen LogP contribution in [-0.2, 0) is 4.79 Å². The van der Waals surface area contributed by atoms with Crippen LogP contribution >= 0.6 is 0 Å². The molecule has 0 bridgehead atoms. The van der Waals surface area contributed by atoms with Gasteiger partial charge in [0.15, 0.2) is 5.82 Å². The summed E-state index contributed by atoms with van der Waals surface area (Å²) in [6.07, 6.45) is 1.20. The summed E-state index contributed by atoms with van der Waals surface area (Å²) in [5.74, 6) is 1.10. The molecule has 1 atom stereocenters. The van der Waals surface area contributed by atoms with Crippen LogP contribution in [0.1, 0.15) is 43.1 Å². The van der Waals surface area contributed by atoms with Gasteiger partial charge in [-0.25, -0.2) is 0 Å². The van der Waals surface area contributed by atoms with Crippen molar-refractivity contribution in [3.63, 3.8) is 0 Å². The molecule has 1 aliphatic heterocycles. The summed E-state index contributed by atoms with van der Waals surface area (Å²) < 4.78 is 5.18. The number of amides is 1. The second-order valence-corrected chi connectivity index (χ2v) is 7.13. The maximum absolute atomic E-state index is 12.3. The Labute approximate surface area is 160 Å². The van der Waals surface area contributed by atoms with E-state index in [0.29, 0.717) is 18.1 Å². The number of carbonyl (C=O) groups excluding carboxylic acids is 1. The number of benzene rings is 1. The average Bonchev–Trinajstić information content (AvgIpc) is 3.11. The van der Waals surface area contributed by atoms with Crippen molar-refractivity contribution < 1.29 is 9.32 Å². The fourth-order valence-electron chi connectivity index (χ4n) is 3.37. The van der Waals surface area contributed by atoms with Crippen molar-refractivity contribution in [2.24, 2.45) is 0 Å². The zero-order valence-corrected chi connectivity index (χ0v) is 16.4. The molecule has 0 saturated carbocycles. The lowest BCUT2D eigenvalue weighted by Gasteiger charge is -2.36. The highest BCUT2D eigenvalue weighted by Crippen LogP contribution is 2.18. The van der Waals surface area contributed by atoms with Crippen LogP contribution in [0.2, 0.25) is 0 Å². The number of aromatic nitrogens is 2. The maximum Gasteiger partial charge on any atom is 0.249 e. The summed E-state index contributed by atoms with van der Waals surface area (Å²) in [5, 5.41) is 6.80. The lowest BCUT2D eigenvalue weighted by Crippen LogP contribution is -2.47. The molecular weight excluding hydrogens is 342 g/mol. The molecule has 27 heavy (non-hydrogen) atoms. The minimum atomic E-state index is -0.211. The Balaban J connectivity index is 1.42. The molecule has 7 heteroatoms. The van der Waals surface area contributed by atoms with E-state index in [1.807, 2.05) is 6.92 Å². The number of carbonyl (C=O) groups is 1. The molecule has 7 nitrogen and oxygen atoms in total. The minimum Gasteiger partial charge on any atom is -0.369 e. The largest absolute Gasteiger partial charge is 0.369 e. The summed E-state index contributed by atoms with van der Waals surface area (Å²) in [5.41, 5.74) is 2.57. The van der Waals surface area contributed by atoms with Crippen molar-refractivity contribution in [3.8, 4) is 0 Å². The SMILES string of the molecule is CC[C@@H](NC(=O)CCN1CCN(c2cccc(C)c2)CC1)c1nc(C)no1. The molecule has 0 aliphatic carbocycles. The van der Waals surface area contributed by atoms with E-state index in [0.717, 1.165) is 39.1 Å². The third kappa shape index (κ3) is 5.29. The number of piperazine rings is 1. The van der Waals surface area contributed by atoms with Gasteiger partial charge in [0.1, 0.15) is 6.04 Å². The lowest BCUT2D eigenvalue weighted by atomic mass is 10.2.